The Kier molecular flexibility index (Phi) is 43.2. The van der Waals surface area contributed by atoms with Crippen LogP contribution in [-0.2, 0) is 28.6 Å². The van der Waals surface area contributed by atoms with E-state index < -0.39 is 6.10 Å². The first-order valence-electron chi connectivity index (χ1n) is 24.9. The van der Waals surface area contributed by atoms with Crippen molar-refractivity contribution in [3.05, 3.63) is 0 Å². The van der Waals surface area contributed by atoms with Gasteiger partial charge in [-0.2, -0.15) is 0 Å². The molecule has 0 heterocycles. The minimum absolute atomic E-state index is 0.0632. The summed E-state index contributed by atoms with van der Waals surface area (Å²) in [4.78, 5) is 37.8. The molecule has 0 spiro atoms. The Labute approximate surface area is 348 Å². The first-order chi connectivity index (χ1) is 27.4. The summed E-state index contributed by atoms with van der Waals surface area (Å²) < 4.78 is 16.8. The third kappa shape index (κ3) is 42.0. The summed E-state index contributed by atoms with van der Waals surface area (Å²) in [6.45, 7) is 9.03. The van der Waals surface area contributed by atoms with Crippen LogP contribution in [0.15, 0.2) is 0 Å². The normalized spacial score (nSPS) is 12.4. The van der Waals surface area contributed by atoms with Crippen molar-refractivity contribution in [2.24, 2.45) is 5.92 Å². The second-order valence-electron chi connectivity index (χ2n) is 17.3. The standard InChI is InChI=1S/C50H96O6/c1-5-8-10-12-14-16-18-19-20-21-26-30-34-38-42-49(52)55-45-47(44-54-48(51)41-37-33-29-25-17-15-13-11-9-6-2)56-50(53)43-39-35-31-27-23-22-24-28-32-36-40-46(4)7-3/h46-47H,5-45H2,1-4H3/t46?,47-/m0/s1. The highest BCUT2D eigenvalue weighted by Crippen LogP contribution is 2.17. The van der Waals surface area contributed by atoms with Gasteiger partial charge in [0.15, 0.2) is 6.10 Å². The molecule has 0 bridgehead atoms. The van der Waals surface area contributed by atoms with Crippen molar-refractivity contribution in [2.45, 2.75) is 284 Å². The summed E-state index contributed by atoms with van der Waals surface area (Å²) in [5.41, 5.74) is 0. The van der Waals surface area contributed by atoms with Crippen LogP contribution < -0.4 is 0 Å². The maximum absolute atomic E-state index is 12.8. The number of unbranched alkanes of at least 4 members (excludes halogenated alkanes) is 31. The van der Waals surface area contributed by atoms with Crippen molar-refractivity contribution in [1.29, 1.82) is 0 Å². The number of ether oxygens (including phenoxy) is 3. The quantitative estimate of drug-likeness (QED) is 0.0347. The molecule has 1 unspecified atom stereocenters. The van der Waals surface area contributed by atoms with Crippen LogP contribution in [0.2, 0.25) is 0 Å². The zero-order valence-corrected chi connectivity index (χ0v) is 38.1. The van der Waals surface area contributed by atoms with Gasteiger partial charge in [-0.15, -0.1) is 0 Å². The number of hydrogen-bond donors (Lipinski definition) is 0. The lowest BCUT2D eigenvalue weighted by atomic mass is 9.99. The average molecular weight is 793 g/mol. The first-order valence-corrected chi connectivity index (χ1v) is 24.9. The van der Waals surface area contributed by atoms with Gasteiger partial charge in [0, 0.05) is 19.3 Å². The molecule has 0 saturated heterocycles. The predicted octanol–water partition coefficient (Wildman–Crippen LogP) is 15.9. The van der Waals surface area contributed by atoms with Gasteiger partial charge in [-0.1, -0.05) is 240 Å². The van der Waals surface area contributed by atoms with Crippen LogP contribution in [0.25, 0.3) is 0 Å². The van der Waals surface area contributed by atoms with Crippen molar-refractivity contribution >= 4 is 17.9 Å². The van der Waals surface area contributed by atoms with Crippen LogP contribution >= 0.6 is 0 Å². The Morgan fingerprint density at radius 2 is 0.625 bits per heavy atom. The molecule has 0 fully saturated rings. The zero-order chi connectivity index (χ0) is 41.0. The van der Waals surface area contributed by atoms with E-state index >= 15 is 0 Å². The lowest BCUT2D eigenvalue weighted by Gasteiger charge is -2.18. The Morgan fingerprint density at radius 3 is 0.929 bits per heavy atom. The lowest BCUT2D eigenvalue weighted by molar-refractivity contribution is -0.167. The minimum Gasteiger partial charge on any atom is -0.462 e. The maximum atomic E-state index is 12.8. The number of carbonyl (C=O) groups is 3. The van der Waals surface area contributed by atoms with E-state index in [1.54, 1.807) is 0 Å². The predicted molar refractivity (Wildman–Crippen MR) is 238 cm³/mol. The minimum atomic E-state index is -0.760. The van der Waals surface area contributed by atoms with Gasteiger partial charge in [0.2, 0.25) is 0 Å². The van der Waals surface area contributed by atoms with E-state index in [1.807, 2.05) is 0 Å². The van der Waals surface area contributed by atoms with E-state index in [1.165, 1.54) is 173 Å². The van der Waals surface area contributed by atoms with Crippen LogP contribution in [0.3, 0.4) is 0 Å². The van der Waals surface area contributed by atoms with Gasteiger partial charge in [-0.25, -0.2) is 0 Å². The number of carbonyl (C=O) groups excluding carboxylic acids is 3. The molecular weight excluding hydrogens is 697 g/mol. The van der Waals surface area contributed by atoms with Crippen molar-refractivity contribution in [3.63, 3.8) is 0 Å². The highest BCUT2D eigenvalue weighted by molar-refractivity contribution is 5.71. The lowest BCUT2D eigenvalue weighted by Crippen LogP contribution is -2.30. The molecule has 0 radical (unpaired) electrons. The third-order valence-corrected chi connectivity index (χ3v) is 11.7. The molecule has 0 saturated carbocycles. The first kappa shape index (κ1) is 54.4. The summed E-state index contributed by atoms with van der Waals surface area (Å²) in [6, 6.07) is 0. The van der Waals surface area contributed by atoms with Gasteiger partial charge in [0.05, 0.1) is 0 Å². The van der Waals surface area contributed by atoms with E-state index in [2.05, 4.69) is 27.7 Å². The summed E-state index contributed by atoms with van der Waals surface area (Å²) in [5, 5.41) is 0. The zero-order valence-electron chi connectivity index (χ0n) is 38.1. The Bertz CT molecular complexity index is 843. The summed E-state index contributed by atoms with van der Waals surface area (Å²) in [6.07, 6.45) is 45.0. The molecule has 6 heteroatoms. The maximum Gasteiger partial charge on any atom is 0.306 e. The molecule has 0 rings (SSSR count). The van der Waals surface area contributed by atoms with E-state index in [4.69, 9.17) is 14.2 Å². The van der Waals surface area contributed by atoms with Crippen molar-refractivity contribution in [1.82, 2.24) is 0 Å². The van der Waals surface area contributed by atoms with E-state index in [0.717, 1.165) is 63.7 Å². The Balaban J connectivity index is 4.31. The van der Waals surface area contributed by atoms with Crippen LogP contribution in [0.1, 0.15) is 278 Å². The smallest absolute Gasteiger partial charge is 0.306 e. The number of esters is 3. The molecule has 56 heavy (non-hydrogen) atoms. The van der Waals surface area contributed by atoms with E-state index in [-0.39, 0.29) is 31.1 Å². The average Bonchev–Trinajstić information content (AvgIpc) is 3.19. The molecule has 0 aromatic heterocycles. The SMILES string of the molecule is CCCCCCCCCCCCCCCCC(=O)OC[C@H](COC(=O)CCCCCCCCCCCC)OC(=O)CCCCCCCCCCCCC(C)CC. The molecule has 0 aromatic rings. The van der Waals surface area contributed by atoms with Crippen LogP contribution in [0.5, 0.6) is 0 Å². The highest BCUT2D eigenvalue weighted by atomic mass is 16.6. The van der Waals surface area contributed by atoms with Gasteiger partial charge < -0.3 is 14.2 Å². The molecule has 332 valence electrons. The molecule has 0 aliphatic carbocycles. The highest BCUT2D eigenvalue weighted by Gasteiger charge is 2.19. The van der Waals surface area contributed by atoms with Gasteiger partial charge >= 0.3 is 17.9 Å². The largest absolute Gasteiger partial charge is 0.462 e. The molecule has 0 amide bonds. The molecule has 0 aliphatic heterocycles. The van der Waals surface area contributed by atoms with E-state index in [9.17, 15) is 14.4 Å². The molecule has 2 atom stereocenters. The molecular formula is C50H96O6. The summed E-state index contributed by atoms with van der Waals surface area (Å²) in [7, 11) is 0. The second kappa shape index (κ2) is 44.5. The monoisotopic (exact) mass is 793 g/mol. The number of hydrogen-bond acceptors (Lipinski definition) is 6. The fourth-order valence-corrected chi connectivity index (χ4v) is 7.48. The number of rotatable bonds is 45. The Hall–Kier alpha value is -1.59. The third-order valence-electron chi connectivity index (χ3n) is 11.7. The molecule has 0 N–H and O–H groups in total. The Morgan fingerprint density at radius 1 is 0.357 bits per heavy atom. The molecule has 0 aliphatic rings. The summed E-state index contributed by atoms with van der Waals surface area (Å²) >= 11 is 0. The van der Waals surface area contributed by atoms with Crippen molar-refractivity contribution in [2.75, 3.05) is 13.2 Å². The van der Waals surface area contributed by atoms with E-state index in [0.29, 0.717) is 19.3 Å². The van der Waals surface area contributed by atoms with Crippen molar-refractivity contribution < 1.29 is 28.6 Å². The fourth-order valence-electron chi connectivity index (χ4n) is 7.48. The van der Waals surface area contributed by atoms with Gasteiger partial charge in [-0.3, -0.25) is 14.4 Å². The topological polar surface area (TPSA) is 78.9 Å². The molecule has 0 aromatic carbocycles. The van der Waals surface area contributed by atoms with Gasteiger partial charge in [-0.05, 0) is 25.2 Å². The van der Waals surface area contributed by atoms with Gasteiger partial charge in [0.1, 0.15) is 13.2 Å². The van der Waals surface area contributed by atoms with Crippen LogP contribution in [0.4, 0.5) is 0 Å². The summed E-state index contributed by atoms with van der Waals surface area (Å²) in [5.74, 6) is 0.0187. The van der Waals surface area contributed by atoms with Gasteiger partial charge in [0.25, 0.3) is 0 Å². The second-order valence-corrected chi connectivity index (χ2v) is 17.3. The fraction of sp³-hybridized carbons (Fsp3) is 0.940. The van der Waals surface area contributed by atoms with Crippen LogP contribution in [-0.4, -0.2) is 37.2 Å². The van der Waals surface area contributed by atoms with Crippen molar-refractivity contribution in [3.8, 4) is 0 Å². The molecule has 6 nitrogen and oxygen atoms in total. The van der Waals surface area contributed by atoms with Crippen LogP contribution in [0, 0.1) is 5.92 Å².